The van der Waals surface area contributed by atoms with Crippen LogP contribution in [0.25, 0.3) is 0 Å². The lowest BCUT2D eigenvalue weighted by Crippen LogP contribution is -2.60. The highest BCUT2D eigenvalue weighted by molar-refractivity contribution is 5.13. The van der Waals surface area contributed by atoms with Gasteiger partial charge in [-0.05, 0) is 85.4 Å². The molecule has 1 unspecified atom stereocenters. The zero-order valence-electron chi connectivity index (χ0n) is 16.8. The quantitative estimate of drug-likeness (QED) is 0.808. The number of aliphatic hydroxyl groups excluding tert-OH is 1. The average Bonchev–Trinajstić information content (AvgIpc) is 2.91. The van der Waals surface area contributed by atoms with Crippen LogP contribution in [-0.2, 0) is 9.47 Å². The molecule has 0 amide bonds. The number of fused-ring (bicyclic) bond motifs is 5. The molecule has 0 heterocycles. The lowest BCUT2D eigenvalue weighted by atomic mass is 9.43. The Bertz CT molecular complexity index is 508. The van der Waals surface area contributed by atoms with Crippen LogP contribution < -0.4 is 0 Å². The van der Waals surface area contributed by atoms with Crippen molar-refractivity contribution < 1.29 is 14.6 Å². The van der Waals surface area contributed by atoms with E-state index < -0.39 is 0 Å². The fraction of sp³-hybridized carbons (Fsp3) is 1.00. The molecule has 0 spiro atoms. The SMILES string of the molecule is CO[C@H]1C[C@]2(C)[C@@H](OC)CC[C@H]2C2CC[C@H]3C[C@H](O)[C@H](C)C[C@]3(C)[C@H]21. The summed E-state index contributed by atoms with van der Waals surface area (Å²) in [5, 5.41) is 10.5. The molecule has 4 saturated carbocycles. The predicted octanol–water partition coefficient (Wildman–Crippen LogP) is 4.28. The first kappa shape index (κ1) is 18.3. The van der Waals surface area contributed by atoms with Gasteiger partial charge in [0.15, 0.2) is 0 Å². The van der Waals surface area contributed by atoms with E-state index in [-0.39, 0.29) is 11.5 Å². The second kappa shape index (κ2) is 6.21. The third-order valence-corrected chi connectivity index (χ3v) is 9.42. The van der Waals surface area contributed by atoms with Gasteiger partial charge in [-0.1, -0.05) is 20.8 Å². The summed E-state index contributed by atoms with van der Waals surface area (Å²) in [7, 11) is 3.82. The van der Waals surface area contributed by atoms with Gasteiger partial charge in [-0.2, -0.15) is 0 Å². The summed E-state index contributed by atoms with van der Waals surface area (Å²) < 4.78 is 12.1. The Balaban J connectivity index is 1.70. The fourth-order valence-corrected chi connectivity index (χ4v) is 8.25. The molecule has 0 saturated heterocycles. The van der Waals surface area contributed by atoms with Crippen LogP contribution in [0.4, 0.5) is 0 Å². The van der Waals surface area contributed by atoms with Gasteiger partial charge < -0.3 is 14.6 Å². The molecule has 0 aromatic rings. The maximum absolute atomic E-state index is 10.5. The van der Waals surface area contributed by atoms with Gasteiger partial charge in [0.2, 0.25) is 0 Å². The second-order valence-corrected chi connectivity index (χ2v) is 10.3. The number of hydrogen-bond donors (Lipinski definition) is 1. The van der Waals surface area contributed by atoms with Crippen LogP contribution in [-0.4, -0.2) is 37.6 Å². The normalized spacial score (nSPS) is 58.3. The molecule has 0 radical (unpaired) electrons. The van der Waals surface area contributed by atoms with Gasteiger partial charge in [0.1, 0.15) is 0 Å². The molecule has 4 rings (SSSR count). The Kier molecular flexibility index (Phi) is 4.53. The minimum absolute atomic E-state index is 0.103. The van der Waals surface area contributed by atoms with Gasteiger partial charge in [-0.3, -0.25) is 0 Å². The second-order valence-electron chi connectivity index (χ2n) is 10.3. The lowest BCUT2D eigenvalue weighted by molar-refractivity contribution is -0.199. The highest BCUT2D eigenvalue weighted by atomic mass is 16.5. The summed E-state index contributed by atoms with van der Waals surface area (Å²) in [4.78, 5) is 0. The van der Waals surface area contributed by atoms with E-state index in [0.717, 1.165) is 31.1 Å². The molecule has 0 aliphatic heterocycles. The summed E-state index contributed by atoms with van der Waals surface area (Å²) in [5.41, 5.74) is 0.605. The van der Waals surface area contributed by atoms with Crippen molar-refractivity contribution in [3.8, 4) is 0 Å². The minimum Gasteiger partial charge on any atom is -0.393 e. The lowest BCUT2D eigenvalue weighted by Gasteiger charge is -2.63. The Morgan fingerprint density at radius 2 is 1.68 bits per heavy atom. The first-order valence-corrected chi connectivity index (χ1v) is 10.6. The van der Waals surface area contributed by atoms with Crippen molar-refractivity contribution in [2.24, 2.45) is 40.4 Å². The van der Waals surface area contributed by atoms with Crippen LogP contribution in [0.3, 0.4) is 0 Å². The molecule has 4 fully saturated rings. The highest BCUT2D eigenvalue weighted by Crippen LogP contribution is 2.67. The fourth-order valence-electron chi connectivity index (χ4n) is 8.25. The van der Waals surface area contributed by atoms with Crippen LogP contribution in [0.2, 0.25) is 0 Å². The van der Waals surface area contributed by atoms with Gasteiger partial charge in [-0.15, -0.1) is 0 Å². The molecule has 10 atom stereocenters. The number of rotatable bonds is 2. The van der Waals surface area contributed by atoms with Crippen molar-refractivity contribution >= 4 is 0 Å². The van der Waals surface area contributed by atoms with Crippen LogP contribution in [0.15, 0.2) is 0 Å². The average molecular weight is 351 g/mol. The zero-order chi connectivity index (χ0) is 18.0. The van der Waals surface area contributed by atoms with Crippen molar-refractivity contribution in [3.05, 3.63) is 0 Å². The zero-order valence-corrected chi connectivity index (χ0v) is 16.8. The van der Waals surface area contributed by atoms with E-state index >= 15 is 0 Å². The van der Waals surface area contributed by atoms with Crippen molar-refractivity contribution in [1.29, 1.82) is 0 Å². The number of hydrogen-bond acceptors (Lipinski definition) is 3. The Labute approximate surface area is 153 Å². The number of ether oxygens (including phenoxy) is 2. The predicted molar refractivity (Wildman–Crippen MR) is 99.3 cm³/mol. The van der Waals surface area contributed by atoms with Crippen LogP contribution in [0, 0.1) is 40.4 Å². The molecule has 144 valence electrons. The smallest absolute Gasteiger partial charge is 0.0628 e. The summed E-state index contributed by atoms with van der Waals surface area (Å²) in [6, 6.07) is 0. The molecular formula is C22H38O3. The summed E-state index contributed by atoms with van der Waals surface area (Å²) in [5.74, 6) is 3.30. The van der Waals surface area contributed by atoms with E-state index in [9.17, 15) is 5.11 Å². The third kappa shape index (κ3) is 2.48. The molecule has 4 aliphatic rings. The minimum atomic E-state index is -0.103. The Morgan fingerprint density at radius 3 is 2.36 bits per heavy atom. The summed E-state index contributed by atoms with van der Waals surface area (Å²) >= 11 is 0. The van der Waals surface area contributed by atoms with Crippen molar-refractivity contribution in [2.45, 2.75) is 84.0 Å². The maximum Gasteiger partial charge on any atom is 0.0628 e. The van der Waals surface area contributed by atoms with Crippen LogP contribution in [0.1, 0.15) is 65.7 Å². The maximum atomic E-state index is 10.5. The van der Waals surface area contributed by atoms with E-state index in [4.69, 9.17) is 9.47 Å². The van der Waals surface area contributed by atoms with Gasteiger partial charge >= 0.3 is 0 Å². The number of methoxy groups -OCH3 is 2. The molecule has 3 heteroatoms. The van der Waals surface area contributed by atoms with Crippen LogP contribution >= 0.6 is 0 Å². The van der Waals surface area contributed by atoms with Gasteiger partial charge in [0.25, 0.3) is 0 Å². The van der Waals surface area contributed by atoms with Crippen molar-refractivity contribution in [3.63, 3.8) is 0 Å². The van der Waals surface area contributed by atoms with E-state index in [1.165, 1.54) is 25.7 Å². The van der Waals surface area contributed by atoms with E-state index in [0.29, 0.717) is 35.4 Å². The first-order chi connectivity index (χ1) is 11.8. The molecular weight excluding hydrogens is 312 g/mol. The number of aliphatic hydroxyl groups is 1. The van der Waals surface area contributed by atoms with E-state index in [2.05, 4.69) is 20.8 Å². The molecule has 4 aliphatic carbocycles. The van der Waals surface area contributed by atoms with Crippen molar-refractivity contribution in [1.82, 2.24) is 0 Å². The monoisotopic (exact) mass is 350 g/mol. The standard InChI is InChI=1S/C22H38O3/c1-13-11-21(2)14(10-17(13)23)6-7-15-16-8-9-19(25-5)22(16,3)12-18(24-4)20(15)21/h13-20,23H,6-12H2,1-5H3/t13-,14+,15?,16+,17+,18+,19+,20-,21+,22+/m1/s1. The van der Waals surface area contributed by atoms with Crippen LogP contribution in [0.5, 0.6) is 0 Å². The highest BCUT2D eigenvalue weighted by Gasteiger charge is 2.64. The van der Waals surface area contributed by atoms with Gasteiger partial charge in [0.05, 0.1) is 18.3 Å². The largest absolute Gasteiger partial charge is 0.393 e. The third-order valence-electron chi connectivity index (χ3n) is 9.42. The van der Waals surface area contributed by atoms with Crippen molar-refractivity contribution in [2.75, 3.05) is 14.2 Å². The topological polar surface area (TPSA) is 38.7 Å². The Hall–Kier alpha value is -0.120. The Morgan fingerprint density at radius 1 is 0.920 bits per heavy atom. The van der Waals surface area contributed by atoms with E-state index in [1.54, 1.807) is 0 Å². The van der Waals surface area contributed by atoms with E-state index in [1.807, 2.05) is 14.2 Å². The molecule has 1 N–H and O–H groups in total. The summed E-state index contributed by atoms with van der Waals surface area (Å²) in [6.07, 6.45) is 9.10. The molecule has 25 heavy (non-hydrogen) atoms. The molecule has 0 aromatic heterocycles. The molecule has 0 aromatic carbocycles. The van der Waals surface area contributed by atoms with Gasteiger partial charge in [-0.25, -0.2) is 0 Å². The van der Waals surface area contributed by atoms with Gasteiger partial charge in [0, 0.05) is 14.2 Å². The molecule has 0 bridgehead atoms. The first-order valence-electron chi connectivity index (χ1n) is 10.6. The molecule has 3 nitrogen and oxygen atoms in total. The summed E-state index contributed by atoms with van der Waals surface area (Å²) in [6.45, 7) is 7.26.